The molecule has 1 unspecified atom stereocenters. The molecule has 0 aromatic carbocycles. The van der Waals surface area contributed by atoms with Crippen molar-refractivity contribution in [2.75, 3.05) is 26.8 Å². The highest BCUT2D eigenvalue weighted by Gasteiger charge is 2.25. The molecule has 0 aliphatic carbocycles. The molecule has 0 aliphatic rings. The molecule has 1 N–H and O–H groups in total. The number of rotatable bonds is 7. The van der Waals surface area contributed by atoms with Crippen LogP contribution < -0.4 is 5.32 Å². The van der Waals surface area contributed by atoms with Gasteiger partial charge in [0.05, 0.1) is 12.9 Å². The average Bonchev–Trinajstić information content (AvgIpc) is 2.73. The Morgan fingerprint density at radius 1 is 1.41 bits per heavy atom. The molecule has 1 atom stereocenters. The molecule has 0 bridgehead atoms. The molecule has 1 aromatic rings. The van der Waals surface area contributed by atoms with Crippen molar-refractivity contribution in [2.45, 2.75) is 27.2 Å². The van der Waals surface area contributed by atoms with Gasteiger partial charge in [0.2, 0.25) is 0 Å². The molecule has 0 amide bonds. The van der Waals surface area contributed by atoms with Crippen LogP contribution in [0.5, 0.6) is 0 Å². The Bertz CT molecular complexity index is 288. The van der Waals surface area contributed by atoms with E-state index in [2.05, 4.69) is 26.1 Å². The molecular weight excluding hydrogens is 214 g/mol. The van der Waals surface area contributed by atoms with Crippen molar-refractivity contribution in [3.05, 3.63) is 24.2 Å². The van der Waals surface area contributed by atoms with Crippen LogP contribution in [0.4, 0.5) is 0 Å². The largest absolute Gasteiger partial charge is 0.469 e. The van der Waals surface area contributed by atoms with Gasteiger partial charge in [0.15, 0.2) is 0 Å². The third-order valence-electron chi connectivity index (χ3n) is 3.13. The van der Waals surface area contributed by atoms with Crippen molar-refractivity contribution in [2.24, 2.45) is 11.3 Å². The summed E-state index contributed by atoms with van der Waals surface area (Å²) in [5, 5.41) is 3.44. The van der Waals surface area contributed by atoms with E-state index in [0.717, 1.165) is 31.9 Å². The van der Waals surface area contributed by atoms with Gasteiger partial charge in [-0.3, -0.25) is 0 Å². The molecule has 1 aromatic heterocycles. The fourth-order valence-corrected chi connectivity index (χ4v) is 1.81. The fourth-order valence-electron chi connectivity index (χ4n) is 1.81. The number of ether oxygens (including phenoxy) is 1. The molecule has 0 saturated heterocycles. The summed E-state index contributed by atoms with van der Waals surface area (Å²) in [6, 6.07) is 4.00. The summed E-state index contributed by atoms with van der Waals surface area (Å²) in [5.74, 6) is 1.63. The number of furan rings is 1. The van der Waals surface area contributed by atoms with E-state index in [4.69, 9.17) is 9.15 Å². The van der Waals surface area contributed by atoms with Gasteiger partial charge in [0.25, 0.3) is 0 Å². The van der Waals surface area contributed by atoms with Gasteiger partial charge in [-0.05, 0) is 30.0 Å². The van der Waals surface area contributed by atoms with E-state index < -0.39 is 0 Å². The third kappa shape index (κ3) is 5.37. The minimum Gasteiger partial charge on any atom is -0.469 e. The van der Waals surface area contributed by atoms with Gasteiger partial charge < -0.3 is 14.5 Å². The zero-order chi connectivity index (χ0) is 12.7. The molecule has 1 rings (SSSR count). The van der Waals surface area contributed by atoms with Crippen molar-refractivity contribution in [3.63, 3.8) is 0 Å². The summed E-state index contributed by atoms with van der Waals surface area (Å²) in [4.78, 5) is 0. The Labute approximate surface area is 105 Å². The highest BCUT2D eigenvalue weighted by Crippen LogP contribution is 2.28. The van der Waals surface area contributed by atoms with Crippen molar-refractivity contribution >= 4 is 0 Å². The maximum atomic E-state index is 5.43. The maximum absolute atomic E-state index is 5.43. The summed E-state index contributed by atoms with van der Waals surface area (Å²) in [5.41, 5.74) is 0.271. The van der Waals surface area contributed by atoms with Gasteiger partial charge in [-0.2, -0.15) is 0 Å². The fraction of sp³-hybridized carbons (Fsp3) is 0.714. The van der Waals surface area contributed by atoms with E-state index in [1.807, 2.05) is 12.1 Å². The zero-order valence-corrected chi connectivity index (χ0v) is 11.5. The van der Waals surface area contributed by atoms with Crippen LogP contribution in [0, 0.1) is 11.3 Å². The minimum absolute atomic E-state index is 0.271. The lowest BCUT2D eigenvalue weighted by Crippen LogP contribution is -2.34. The first-order chi connectivity index (χ1) is 8.04. The third-order valence-corrected chi connectivity index (χ3v) is 3.13. The van der Waals surface area contributed by atoms with Crippen LogP contribution in [-0.4, -0.2) is 26.8 Å². The lowest BCUT2D eigenvalue weighted by Gasteiger charge is -2.30. The second kappa shape index (κ2) is 6.82. The lowest BCUT2D eigenvalue weighted by molar-refractivity contribution is 0.184. The Morgan fingerprint density at radius 2 is 2.18 bits per heavy atom. The Balaban J connectivity index is 2.44. The van der Waals surface area contributed by atoms with Crippen LogP contribution in [0.1, 0.15) is 26.5 Å². The summed E-state index contributed by atoms with van der Waals surface area (Å²) >= 11 is 0. The number of hydrogen-bond acceptors (Lipinski definition) is 3. The van der Waals surface area contributed by atoms with E-state index in [9.17, 15) is 0 Å². The van der Waals surface area contributed by atoms with E-state index in [0.29, 0.717) is 5.92 Å². The second-order valence-electron chi connectivity index (χ2n) is 5.54. The van der Waals surface area contributed by atoms with E-state index in [-0.39, 0.29) is 5.41 Å². The van der Waals surface area contributed by atoms with Gasteiger partial charge >= 0.3 is 0 Å². The van der Waals surface area contributed by atoms with Gasteiger partial charge in [0.1, 0.15) is 5.76 Å². The van der Waals surface area contributed by atoms with Crippen LogP contribution in [0.2, 0.25) is 0 Å². The molecule has 0 radical (unpaired) electrons. The van der Waals surface area contributed by atoms with Crippen molar-refractivity contribution in [3.8, 4) is 0 Å². The van der Waals surface area contributed by atoms with E-state index >= 15 is 0 Å². The highest BCUT2D eigenvalue weighted by atomic mass is 16.5. The first-order valence-corrected chi connectivity index (χ1v) is 6.26. The molecule has 3 heteroatoms. The maximum Gasteiger partial charge on any atom is 0.104 e. The highest BCUT2D eigenvalue weighted by molar-refractivity contribution is 5.00. The molecule has 0 aliphatic heterocycles. The van der Waals surface area contributed by atoms with Crippen molar-refractivity contribution in [1.82, 2.24) is 5.32 Å². The normalized spacial score (nSPS) is 13.9. The van der Waals surface area contributed by atoms with Gasteiger partial charge in [0, 0.05) is 20.1 Å². The number of hydrogen-bond donors (Lipinski definition) is 1. The Morgan fingerprint density at radius 3 is 2.71 bits per heavy atom. The van der Waals surface area contributed by atoms with E-state index in [1.165, 1.54) is 0 Å². The smallest absolute Gasteiger partial charge is 0.104 e. The second-order valence-corrected chi connectivity index (χ2v) is 5.54. The molecular formula is C14H25NO2. The summed E-state index contributed by atoms with van der Waals surface area (Å²) in [6.45, 7) is 9.49. The number of nitrogens with one attached hydrogen (secondary N) is 1. The van der Waals surface area contributed by atoms with E-state index in [1.54, 1.807) is 13.4 Å². The molecule has 0 spiro atoms. The van der Waals surface area contributed by atoms with Crippen LogP contribution in [0.3, 0.4) is 0 Å². The van der Waals surface area contributed by atoms with Crippen molar-refractivity contribution in [1.29, 1.82) is 0 Å². The van der Waals surface area contributed by atoms with Crippen molar-refractivity contribution < 1.29 is 9.15 Å². The van der Waals surface area contributed by atoms with Gasteiger partial charge in [-0.1, -0.05) is 20.8 Å². The summed E-state index contributed by atoms with van der Waals surface area (Å²) in [7, 11) is 1.73. The van der Waals surface area contributed by atoms with Gasteiger partial charge in [-0.25, -0.2) is 0 Å². The monoisotopic (exact) mass is 239 g/mol. The Kier molecular flexibility index (Phi) is 5.72. The SMILES string of the molecule is COCCNCC(Cc1ccco1)C(C)(C)C. The van der Waals surface area contributed by atoms with Crippen LogP contribution in [0.25, 0.3) is 0 Å². The average molecular weight is 239 g/mol. The first-order valence-electron chi connectivity index (χ1n) is 6.26. The molecule has 17 heavy (non-hydrogen) atoms. The molecule has 3 nitrogen and oxygen atoms in total. The lowest BCUT2D eigenvalue weighted by atomic mass is 9.78. The van der Waals surface area contributed by atoms with Crippen LogP contribution in [0.15, 0.2) is 22.8 Å². The van der Waals surface area contributed by atoms with Gasteiger partial charge in [-0.15, -0.1) is 0 Å². The molecule has 98 valence electrons. The first kappa shape index (κ1) is 14.3. The molecule has 0 saturated carbocycles. The summed E-state index contributed by atoms with van der Waals surface area (Å²) in [6.07, 6.45) is 2.73. The minimum atomic E-state index is 0.271. The molecule has 1 heterocycles. The molecule has 0 fully saturated rings. The quantitative estimate of drug-likeness (QED) is 0.743. The predicted molar refractivity (Wildman–Crippen MR) is 70.1 cm³/mol. The van der Waals surface area contributed by atoms with Crippen LogP contribution >= 0.6 is 0 Å². The standard InChI is InChI=1S/C14H25NO2/c1-14(2,3)12(11-15-7-9-16-4)10-13-6-5-8-17-13/h5-6,8,12,15H,7,9-11H2,1-4H3. The number of methoxy groups -OCH3 is 1. The predicted octanol–water partition coefficient (Wildman–Crippen LogP) is 2.72. The van der Waals surface area contributed by atoms with Crippen LogP contribution in [-0.2, 0) is 11.2 Å². The summed E-state index contributed by atoms with van der Waals surface area (Å²) < 4.78 is 10.5. The topological polar surface area (TPSA) is 34.4 Å². The Hall–Kier alpha value is -0.800. The zero-order valence-electron chi connectivity index (χ0n) is 11.5.